The van der Waals surface area contributed by atoms with E-state index in [-0.39, 0.29) is 35.9 Å². The quantitative estimate of drug-likeness (QED) is 0.586. The number of nitrogens with one attached hydrogen (secondary N) is 1. The smallest absolute Gasteiger partial charge is 0.269 e. The molecule has 1 aliphatic rings. The highest BCUT2D eigenvalue weighted by atomic mass is 35.5. The summed E-state index contributed by atoms with van der Waals surface area (Å²) in [4.78, 5) is 39.6. The summed E-state index contributed by atoms with van der Waals surface area (Å²) in [5, 5.41) is 3.30. The molecular formula is C22H23Cl2N3O5S. The van der Waals surface area contributed by atoms with E-state index in [0.717, 1.165) is 0 Å². The predicted molar refractivity (Wildman–Crippen MR) is 124 cm³/mol. The Bertz CT molecular complexity index is 1200. The number of carbonyl (C=O) groups is 3. The number of sulfonamides is 1. The summed E-state index contributed by atoms with van der Waals surface area (Å²) >= 11 is 12.2. The topological polar surface area (TPSA) is 104 Å². The van der Waals surface area contributed by atoms with E-state index in [1.165, 1.54) is 36.2 Å². The fourth-order valence-corrected chi connectivity index (χ4v) is 5.75. The standard InChI is InChI=1S/C22H23Cl2N3O5S/c1-3-18(21(29)25-2)26(13-14-8-9-15(23)12-17(14)24)20(28)10-11-27-22(30)16-6-4-5-7-19(16)33(27,31)32/h4-9,12,18H,3,10-11,13H2,1-2H3,(H,25,29)/t18-/m1/s1. The fraction of sp³-hybridized carbons (Fsp3) is 0.318. The first-order valence-corrected chi connectivity index (χ1v) is 12.4. The third kappa shape index (κ3) is 5.00. The van der Waals surface area contributed by atoms with Crippen LogP contribution in [0.5, 0.6) is 0 Å². The van der Waals surface area contributed by atoms with E-state index in [4.69, 9.17) is 23.2 Å². The number of fused-ring (bicyclic) bond motifs is 1. The minimum Gasteiger partial charge on any atom is -0.357 e. The summed E-state index contributed by atoms with van der Waals surface area (Å²) in [6.07, 6.45) is 0.0284. The Balaban J connectivity index is 1.84. The van der Waals surface area contributed by atoms with Crippen molar-refractivity contribution in [2.24, 2.45) is 0 Å². The maximum absolute atomic E-state index is 13.2. The lowest BCUT2D eigenvalue weighted by atomic mass is 10.1. The van der Waals surface area contributed by atoms with Crippen LogP contribution in [0.15, 0.2) is 47.4 Å². The average Bonchev–Trinajstić information content (AvgIpc) is 2.98. The third-order valence-electron chi connectivity index (χ3n) is 5.43. The average molecular weight is 512 g/mol. The van der Waals surface area contributed by atoms with Crippen molar-refractivity contribution >= 4 is 50.9 Å². The van der Waals surface area contributed by atoms with Crippen molar-refractivity contribution in [1.82, 2.24) is 14.5 Å². The van der Waals surface area contributed by atoms with Gasteiger partial charge in [0.05, 0.1) is 5.56 Å². The van der Waals surface area contributed by atoms with Crippen molar-refractivity contribution in [2.45, 2.75) is 37.2 Å². The molecule has 33 heavy (non-hydrogen) atoms. The van der Waals surface area contributed by atoms with Crippen LogP contribution < -0.4 is 5.32 Å². The van der Waals surface area contributed by atoms with Gasteiger partial charge in [-0.05, 0) is 36.2 Å². The molecule has 11 heteroatoms. The summed E-state index contributed by atoms with van der Waals surface area (Å²) in [5.41, 5.74) is 0.653. The molecule has 0 radical (unpaired) electrons. The summed E-state index contributed by atoms with van der Waals surface area (Å²) in [5.74, 6) is -1.53. The number of likely N-dealkylation sites (N-methyl/N-ethyl adjacent to an activating group) is 1. The zero-order valence-electron chi connectivity index (χ0n) is 18.0. The van der Waals surface area contributed by atoms with Crippen LogP contribution in [0.1, 0.15) is 35.7 Å². The Morgan fingerprint density at radius 3 is 2.45 bits per heavy atom. The van der Waals surface area contributed by atoms with E-state index in [0.29, 0.717) is 26.3 Å². The Morgan fingerprint density at radius 2 is 1.85 bits per heavy atom. The van der Waals surface area contributed by atoms with E-state index in [2.05, 4.69) is 5.32 Å². The van der Waals surface area contributed by atoms with Gasteiger partial charge in [-0.15, -0.1) is 0 Å². The van der Waals surface area contributed by atoms with Crippen LogP contribution >= 0.6 is 23.2 Å². The largest absolute Gasteiger partial charge is 0.357 e. The number of carbonyl (C=O) groups excluding carboxylic acids is 3. The molecule has 0 spiro atoms. The van der Waals surface area contributed by atoms with Gasteiger partial charge in [0.1, 0.15) is 10.9 Å². The highest BCUT2D eigenvalue weighted by molar-refractivity contribution is 7.90. The molecular weight excluding hydrogens is 489 g/mol. The summed E-state index contributed by atoms with van der Waals surface area (Å²) in [6, 6.07) is 9.92. The van der Waals surface area contributed by atoms with Gasteiger partial charge in [0.15, 0.2) is 0 Å². The van der Waals surface area contributed by atoms with Gasteiger partial charge in [-0.25, -0.2) is 12.7 Å². The molecule has 2 aromatic carbocycles. The predicted octanol–water partition coefficient (Wildman–Crippen LogP) is 3.08. The van der Waals surface area contributed by atoms with E-state index < -0.39 is 27.9 Å². The Kier molecular flexibility index (Phi) is 7.66. The molecule has 1 atom stereocenters. The highest BCUT2D eigenvalue weighted by Gasteiger charge is 2.41. The van der Waals surface area contributed by atoms with Gasteiger partial charge in [0.25, 0.3) is 15.9 Å². The second-order valence-electron chi connectivity index (χ2n) is 7.42. The van der Waals surface area contributed by atoms with Gasteiger partial charge < -0.3 is 10.2 Å². The van der Waals surface area contributed by atoms with Gasteiger partial charge in [-0.1, -0.05) is 48.3 Å². The van der Waals surface area contributed by atoms with Crippen molar-refractivity contribution in [3.63, 3.8) is 0 Å². The van der Waals surface area contributed by atoms with Crippen LogP contribution in [-0.2, 0) is 26.2 Å². The number of benzene rings is 2. The molecule has 2 aromatic rings. The molecule has 0 fully saturated rings. The van der Waals surface area contributed by atoms with Crippen molar-refractivity contribution in [1.29, 1.82) is 0 Å². The molecule has 0 unspecified atom stereocenters. The Labute approximate surface area is 202 Å². The molecule has 0 saturated heterocycles. The zero-order valence-corrected chi connectivity index (χ0v) is 20.4. The first kappa shape index (κ1) is 25.0. The van der Waals surface area contributed by atoms with Crippen LogP contribution in [0.3, 0.4) is 0 Å². The normalized spacial score (nSPS) is 15.2. The Morgan fingerprint density at radius 1 is 1.15 bits per heavy atom. The van der Waals surface area contributed by atoms with Gasteiger partial charge in [-0.3, -0.25) is 14.4 Å². The monoisotopic (exact) mass is 511 g/mol. The van der Waals surface area contributed by atoms with Crippen molar-refractivity contribution < 1.29 is 22.8 Å². The number of hydrogen-bond acceptors (Lipinski definition) is 5. The van der Waals surface area contributed by atoms with Crippen molar-refractivity contribution in [2.75, 3.05) is 13.6 Å². The van der Waals surface area contributed by atoms with Gasteiger partial charge in [0.2, 0.25) is 11.8 Å². The first-order valence-electron chi connectivity index (χ1n) is 10.2. The van der Waals surface area contributed by atoms with Gasteiger partial charge >= 0.3 is 0 Å². The molecule has 0 saturated carbocycles. The van der Waals surface area contributed by atoms with Crippen LogP contribution in [0, 0.1) is 0 Å². The summed E-state index contributed by atoms with van der Waals surface area (Å²) in [7, 11) is -2.57. The molecule has 1 N–H and O–H groups in total. The number of amides is 3. The number of nitrogens with zero attached hydrogens (tertiary/aromatic N) is 2. The molecule has 0 aromatic heterocycles. The van der Waals surface area contributed by atoms with Crippen LogP contribution in [-0.4, -0.2) is 55.0 Å². The second kappa shape index (κ2) is 10.1. The minimum absolute atomic E-state index is 0.0156. The molecule has 3 amide bonds. The molecule has 0 bridgehead atoms. The Hall–Kier alpha value is -2.62. The SMILES string of the molecule is CC[C@H](C(=O)NC)N(Cc1ccc(Cl)cc1Cl)C(=O)CCN1C(=O)c2ccccc2S1(=O)=O. The maximum atomic E-state index is 13.2. The number of rotatable bonds is 8. The lowest BCUT2D eigenvalue weighted by molar-refractivity contribution is -0.141. The van der Waals surface area contributed by atoms with E-state index >= 15 is 0 Å². The molecule has 1 heterocycles. The first-order chi connectivity index (χ1) is 15.6. The molecule has 8 nitrogen and oxygen atoms in total. The number of hydrogen-bond donors (Lipinski definition) is 1. The lowest BCUT2D eigenvalue weighted by Crippen LogP contribution is -2.49. The molecule has 3 rings (SSSR count). The second-order valence-corrected chi connectivity index (χ2v) is 10.1. The molecule has 1 aliphatic heterocycles. The lowest BCUT2D eigenvalue weighted by Gasteiger charge is -2.31. The van der Waals surface area contributed by atoms with Crippen molar-refractivity contribution in [3.8, 4) is 0 Å². The summed E-state index contributed by atoms with van der Waals surface area (Å²) in [6.45, 7) is 1.43. The third-order valence-corrected chi connectivity index (χ3v) is 7.86. The fourth-order valence-electron chi connectivity index (χ4n) is 3.71. The van der Waals surface area contributed by atoms with Gasteiger partial charge in [-0.2, -0.15) is 0 Å². The van der Waals surface area contributed by atoms with Gasteiger partial charge in [0, 0.05) is 36.6 Å². The van der Waals surface area contributed by atoms with E-state index in [9.17, 15) is 22.8 Å². The number of halogens is 2. The minimum atomic E-state index is -4.04. The van der Waals surface area contributed by atoms with Crippen LogP contribution in [0.25, 0.3) is 0 Å². The maximum Gasteiger partial charge on any atom is 0.269 e. The van der Waals surface area contributed by atoms with Crippen LogP contribution in [0.2, 0.25) is 10.0 Å². The summed E-state index contributed by atoms with van der Waals surface area (Å²) < 4.78 is 26.2. The van der Waals surface area contributed by atoms with Crippen molar-refractivity contribution in [3.05, 3.63) is 63.6 Å². The molecule has 0 aliphatic carbocycles. The van der Waals surface area contributed by atoms with Crippen LogP contribution in [0.4, 0.5) is 0 Å². The van der Waals surface area contributed by atoms with E-state index in [1.807, 2.05) is 0 Å². The molecule has 176 valence electrons. The van der Waals surface area contributed by atoms with E-state index in [1.54, 1.807) is 25.1 Å². The zero-order chi connectivity index (χ0) is 24.3. The highest BCUT2D eigenvalue weighted by Crippen LogP contribution is 2.30.